The van der Waals surface area contributed by atoms with Gasteiger partial charge in [0.25, 0.3) is 5.91 Å². The average molecular weight is 589 g/mol. The van der Waals surface area contributed by atoms with E-state index in [1.165, 1.54) is 28.8 Å². The van der Waals surface area contributed by atoms with Crippen molar-refractivity contribution in [3.05, 3.63) is 101 Å². The number of anilines is 1. The average Bonchev–Trinajstić information content (AvgIpc) is 3.45. The molecule has 0 radical (unpaired) electrons. The van der Waals surface area contributed by atoms with E-state index in [0.717, 1.165) is 11.4 Å². The first-order valence-corrected chi connectivity index (χ1v) is 14.1. The maximum absolute atomic E-state index is 14.0. The fraction of sp³-hybridized carbons (Fsp3) is 0.226. The predicted molar refractivity (Wildman–Crippen MR) is 156 cm³/mol. The zero-order valence-corrected chi connectivity index (χ0v) is 24.1. The summed E-state index contributed by atoms with van der Waals surface area (Å²) in [6.07, 6.45) is 0. The molecule has 1 aliphatic rings. The number of hydrogen-bond donors (Lipinski definition) is 1. The molecule has 11 heteroatoms. The number of methoxy groups -OCH3 is 1. The van der Waals surface area contributed by atoms with Gasteiger partial charge in [0.15, 0.2) is 16.7 Å². The lowest BCUT2D eigenvalue weighted by atomic mass is 10.0. The summed E-state index contributed by atoms with van der Waals surface area (Å²) >= 11 is 1.19. The first-order valence-electron chi connectivity index (χ1n) is 13.1. The van der Waals surface area contributed by atoms with Crippen LogP contribution in [0.1, 0.15) is 28.6 Å². The van der Waals surface area contributed by atoms with Crippen LogP contribution in [0.3, 0.4) is 0 Å². The molecule has 0 spiro atoms. The Morgan fingerprint density at radius 2 is 1.67 bits per heavy atom. The molecule has 1 aromatic heterocycles. The lowest BCUT2D eigenvalue weighted by molar-refractivity contribution is -0.137. The second kappa shape index (κ2) is 12.9. The molecule has 1 N–H and O–H groups in total. The number of halogens is 1. The lowest BCUT2D eigenvalue weighted by Gasteiger charge is -2.31. The molecule has 216 valence electrons. The van der Waals surface area contributed by atoms with Gasteiger partial charge in [0.1, 0.15) is 17.6 Å². The molecule has 1 aliphatic heterocycles. The maximum atomic E-state index is 14.0. The smallest absolute Gasteiger partial charge is 0.251 e. The highest BCUT2D eigenvalue weighted by Gasteiger charge is 2.33. The molecule has 0 fully saturated rings. The van der Waals surface area contributed by atoms with Crippen molar-refractivity contribution in [3.63, 3.8) is 0 Å². The summed E-state index contributed by atoms with van der Waals surface area (Å²) < 4.78 is 30.0. The van der Waals surface area contributed by atoms with Crippen LogP contribution in [0.5, 0.6) is 17.2 Å². The number of carbonyl (C=O) groups excluding carboxylic acids is 2. The van der Waals surface area contributed by atoms with Crippen molar-refractivity contribution in [1.29, 1.82) is 0 Å². The van der Waals surface area contributed by atoms with Gasteiger partial charge in [-0.1, -0.05) is 30.0 Å². The number of ether oxygens (including phenoxy) is 3. The summed E-state index contributed by atoms with van der Waals surface area (Å²) in [5, 5.41) is 3.39. The summed E-state index contributed by atoms with van der Waals surface area (Å²) in [7, 11) is 1.56. The van der Waals surface area contributed by atoms with E-state index in [1.54, 1.807) is 61.7 Å². The molecule has 42 heavy (non-hydrogen) atoms. The van der Waals surface area contributed by atoms with E-state index in [4.69, 9.17) is 14.2 Å². The first kappa shape index (κ1) is 28.9. The minimum absolute atomic E-state index is 0.0268. The molecule has 3 aromatic carbocycles. The van der Waals surface area contributed by atoms with Crippen LogP contribution in [0.25, 0.3) is 0 Å². The SMILES string of the molecule is COc1ccc(NC(=O)C(c2ccc3c(c2)OCO3)N(Cc2ccc(F)cc2)C(=O)CSc2nc(C)cc(C)n2)cc1. The summed E-state index contributed by atoms with van der Waals surface area (Å²) in [6.45, 7) is 3.83. The molecule has 2 amide bonds. The van der Waals surface area contributed by atoms with Gasteiger partial charge in [0.05, 0.1) is 12.9 Å². The van der Waals surface area contributed by atoms with Crippen LogP contribution in [0.2, 0.25) is 0 Å². The largest absolute Gasteiger partial charge is 0.497 e. The van der Waals surface area contributed by atoms with Crippen molar-refractivity contribution >= 4 is 29.3 Å². The molecule has 1 unspecified atom stereocenters. The van der Waals surface area contributed by atoms with Gasteiger partial charge in [0.2, 0.25) is 12.7 Å². The third kappa shape index (κ3) is 6.98. The van der Waals surface area contributed by atoms with Gasteiger partial charge in [-0.2, -0.15) is 0 Å². The minimum Gasteiger partial charge on any atom is -0.497 e. The minimum atomic E-state index is -1.07. The Bertz CT molecular complexity index is 1560. The third-order valence-corrected chi connectivity index (χ3v) is 7.34. The zero-order chi connectivity index (χ0) is 29.6. The van der Waals surface area contributed by atoms with Crippen LogP contribution in [-0.2, 0) is 16.1 Å². The number of nitrogens with one attached hydrogen (secondary N) is 1. The zero-order valence-electron chi connectivity index (χ0n) is 23.3. The molecular weight excluding hydrogens is 559 g/mol. The molecule has 9 nitrogen and oxygen atoms in total. The maximum Gasteiger partial charge on any atom is 0.251 e. The van der Waals surface area contributed by atoms with Gasteiger partial charge >= 0.3 is 0 Å². The number of fused-ring (bicyclic) bond motifs is 1. The van der Waals surface area contributed by atoms with E-state index >= 15 is 0 Å². The summed E-state index contributed by atoms with van der Waals surface area (Å²) in [4.78, 5) is 38.3. The normalized spacial score (nSPS) is 12.5. The van der Waals surface area contributed by atoms with Gasteiger partial charge in [0, 0.05) is 23.6 Å². The van der Waals surface area contributed by atoms with Crippen LogP contribution in [0.4, 0.5) is 10.1 Å². The van der Waals surface area contributed by atoms with Crippen molar-refractivity contribution in [2.45, 2.75) is 31.6 Å². The number of rotatable bonds is 10. The lowest BCUT2D eigenvalue weighted by Crippen LogP contribution is -2.41. The van der Waals surface area contributed by atoms with Crippen LogP contribution < -0.4 is 19.5 Å². The standard InChI is InChI=1S/C31H29FN4O5S/c1-19-14-20(2)34-31(33-19)42-17-28(37)36(16-21-4-7-23(32)8-5-21)29(22-6-13-26-27(15-22)41-18-40-26)30(38)35-24-9-11-25(39-3)12-10-24/h4-15,29H,16-18H2,1-3H3,(H,35,38). The summed E-state index contributed by atoms with van der Waals surface area (Å²) in [6, 6.07) is 18.6. The Balaban J connectivity index is 1.51. The first-order chi connectivity index (χ1) is 20.3. The van der Waals surface area contributed by atoms with Crippen molar-refractivity contribution in [3.8, 4) is 17.2 Å². The van der Waals surface area contributed by atoms with E-state index in [2.05, 4.69) is 15.3 Å². The Kier molecular flexibility index (Phi) is 8.87. The van der Waals surface area contributed by atoms with Crippen LogP contribution >= 0.6 is 11.8 Å². The highest BCUT2D eigenvalue weighted by Crippen LogP contribution is 2.37. The molecule has 0 bridgehead atoms. The Morgan fingerprint density at radius 3 is 2.36 bits per heavy atom. The van der Waals surface area contributed by atoms with Crippen LogP contribution in [0.15, 0.2) is 78.0 Å². The molecule has 1 atom stereocenters. The monoisotopic (exact) mass is 588 g/mol. The van der Waals surface area contributed by atoms with Gasteiger partial charge in [-0.3, -0.25) is 9.59 Å². The number of aryl methyl sites for hydroxylation is 2. The quantitative estimate of drug-likeness (QED) is 0.192. The van der Waals surface area contributed by atoms with E-state index < -0.39 is 17.8 Å². The highest BCUT2D eigenvalue weighted by atomic mass is 32.2. The molecule has 4 aromatic rings. The fourth-order valence-electron chi connectivity index (χ4n) is 4.52. The highest BCUT2D eigenvalue weighted by molar-refractivity contribution is 7.99. The molecule has 0 saturated carbocycles. The number of amides is 2. The topological polar surface area (TPSA) is 103 Å². The number of nitrogens with zero attached hydrogens (tertiary/aromatic N) is 3. The summed E-state index contributed by atoms with van der Waals surface area (Å²) in [5.74, 6) is 0.458. The summed E-state index contributed by atoms with van der Waals surface area (Å²) in [5.41, 5.74) is 3.28. The molecule has 5 rings (SSSR count). The number of hydrogen-bond acceptors (Lipinski definition) is 8. The van der Waals surface area contributed by atoms with E-state index in [-0.39, 0.29) is 25.0 Å². The van der Waals surface area contributed by atoms with Gasteiger partial charge in [-0.05, 0) is 79.6 Å². The second-order valence-electron chi connectivity index (χ2n) is 9.60. The van der Waals surface area contributed by atoms with Gasteiger partial charge in [-0.25, -0.2) is 14.4 Å². The Hall–Kier alpha value is -4.64. The Morgan fingerprint density at radius 1 is 0.976 bits per heavy atom. The van der Waals surface area contributed by atoms with Crippen molar-refractivity contribution in [1.82, 2.24) is 14.9 Å². The fourth-order valence-corrected chi connectivity index (χ4v) is 5.35. The molecule has 0 saturated heterocycles. The van der Waals surface area contributed by atoms with E-state index in [9.17, 15) is 14.0 Å². The van der Waals surface area contributed by atoms with Crippen molar-refractivity contribution in [2.24, 2.45) is 0 Å². The van der Waals surface area contributed by atoms with Crippen molar-refractivity contribution in [2.75, 3.05) is 25.0 Å². The number of benzene rings is 3. The van der Waals surface area contributed by atoms with Crippen LogP contribution in [0, 0.1) is 19.7 Å². The van der Waals surface area contributed by atoms with Gasteiger partial charge in [-0.15, -0.1) is 0 Å². The number of aromatic nitrogens is 2. The third-order valence-electron chi connectivity index (χ3n) is 6.50. The molecule has 2 heterocycles. The predicted octanol–water partition coefficient (Wildman–Crippen LogP) is 5.47. The number of carbonyl (C=O) groups is 2. The second-order valence-corrected chi connectivity index (χ2v) is 10.5. The van der Waals surface area contributed by atoms with E-state index in [0.29, 0.717) is 39.2 Å². The molecular formula is C31H29FN4O5S. The number of thioether (sulfide) groups is 1. The van der Waals surface area contributed by atoms with Gasteiger partial charge < -0.3 is 24.4 Å². The van der Waals surface area contributed by atoms with Crippen molar-refractivity contribution < 1.29 is 28.2 Å². The Labute approximate surface area is 247 Å². The molecule has 0 aliphatic carbocycles. The van der Waals surface area contributed by atoms with Crippen LogP contribution in [-0.4, -0.2) is 46.3 Å². The van der Waals surface area contributed by atoms with E-state index in [1.807, 2.05) is 19.9 Å².